The van der Waals surface area contributed by atoms with Crippen LogP contribution in [0, 0.1) is 0 Å². The van der Waals surface area contributed by atoms with Crippen LogP contribution in [0.3, 0.4) is 0 Å². The molecule has 0 radical (unpaired) electrons. The molecular formula is C20H24O3. The van der Waals surface area contributed by atoms with Crippen molar-refractivity contribution in [1.82, 2.24) is 0 Å². The number of aldehydes is 1. The van der Waals surface area contributed by atoms with Crippen LogP contribution >= 0.6 is 0 Å². The highest BCUT2D eigenvalue weighted by molar-refractivity contribution is 5.84. The zero-order valence-corrected chi connectivity index (χ0v) is 14.5. The molecule has 0 aromatic heterocycles. The number of hydrogen-bond acceptors (Lipinski definition) is 3. The predicted molar refractivity (Wildman–Crippen MR) is 93.7 cm³/mol. The summed E-state index contributed by atoms with van der Waals surface area (Å²) in [5.74, 6) is 1.25. The first-order valence-corrected chi connectivity index (χ1v) is 7.81. The first-order chi connectivity index (χ1) is 10.9. The maximum absolute atomic E-state index is 11.2. The number of benzene rings is 2. The van der Waals surface area contributed by atoms with Crippen LogP contribution in [0.2, 0.25) is 0 Å². The molecule has 0 unspecified atom stereocenters. The molecule has 0 atom stereocenters. The molecule has 0 bridgehead atoms. The molecular weight excluding hydrogens is 288 g/mol. The highest BCUT2D eigenvalue weighted by atomic mass is 16.5. The van der Waals surface area contributed by atoms with Crippen LogP contribution in [-0.2, 0) is 5.41 Å². The van der Waals surface area contributed by atoms with Gasteiger partial charge in [-0.15, -0.1) is 0 Å². The molecule has 0 aliphatic rings. The summed E-state index contributed by atoms with van der Waals surface area (Å²) in [6, 6.07) is 11.9. The van der Waals surface area contributed by atoms with Crippen molar-refractivity contribution < 1.29 is 14.3 Å². The zero-order chi connectivity index (χ0) is 17.0. The second-order valence-corrected chi connectivity index (χ2v) is 6.48. The van der Waals surface area contributed by atoms with Crippen LogP contribution in [0.15, 0.2) is 36.4 Å². The molecule has 0 saturated heterocycles. The SMILES string of the molecule is CCOc1cc(C=O)cc(-c2ccc(C(C)(C)C)cc2)c1OC. The molecule has 2 rings (SSSR count). The van der Waals surface area contributed by atoms with Gasteiger partial charge in [-0.05, 0) is 35.6 Å². The second-order valence-electron chi connectivity index (χ2n) is 6.48. The van der Waals surface area contributed by atoms with E-state index in [4.69, 9.17) is 9.47 Å². The van der Waals surface area contributed by atoms with Crippen LogP contribution in [0.1, 0.15) is 43.6 Å². The lowest BCUT2D eigenvalue weighted by molar-refractivity contribution is 0.112. The van der Waals surface area contributed by atoms with Gasteiger partial charge in [0.1, 0.15) is 6.29 Å². The van der Waals surface area contributed by atoms with E-state index >= 15 is 0 Å². The Morgan fingerprint density at radius 1 is 1.09 bits per heavy atom. The highest BCUT2D eigenvalue weighted by Gasteiger charge is 2.17. The normalized spacial score (nSPS) is 11.2. The van der Waals surface area contributed by atoms with E-state index in [-0.39, 0.29) is 5.41 Å². The first kappa shape index (κ1) is 17.1. The van der Waals surface area contributed by atoms with E-state index < -0.39 is 0 Å². The Balaban J connectivity index is 2.57. The van der Waals surface area contributed by atoms with Crippen LogP contribution in [0.5, 0.6) is 11.5 Å². The van der Waals surface area contributed by atoms with Gasteiger partial charge in [0, 0.05) is 11.1 Å². The summed E-state index contributed by atoms with van der Waals surface area (Å²) < 4.78 is 11.2. The molecule has 3 nitrogen and oxygen atoms in total. The average Bonchev–Trinajstić information content (AvgIpc) is 2.53. The van der Waals surface area contributed by atoms with Gasteiger partial charge in [-0.2, -0.15) is 0 Å². The summed E-state index contributed by atoms with van der Waals surface area (Å²) in [7, 11) is 1.62. The first-order valence-electron chi connectivity index (χ1n) is 7.81. The van der Waals surface area contributed by atoms with Gasteiger partial charge in [-0.1, -0.05) is 45.0 Å². The minimum absolute atomic E-state index is 0.101. The van der Waals surface area contributed by atoms with Crippen LogP contribution in [0.4, 0.5) is 0 Å². The predicted octanol–water partition coefficient (Wildman–Crippen LogP) is 4.87. The summed E-state index contributed by atoms with van der Waals surface area (Å²) in [5, 5.41) is 0. The summed E-state index contributed by atoms with van der Waals surface area (Å²) in [5.41, 5.74) is 3.80. The molecule has 0 amide bonds. The smallest absolute Gasteiger partial charge is 0.168 e. The standard InChI is InChI=1S/C20H24O3/c1-6-23-18-12-14(13-21)11-17(19(18)22-5)15-7-9-16(10-8-15)20(2,3)4/h7-13H,6H2,1-5H3. The van der Waals surface area contributed by atoms with E-state index in [0.29, 0.717) is 23.7 Å². The van der Waals surface area contributed by atoms with Gasteiger partial charge < -0.3 is 9.47 Å². The van der Waals surface area contributed by atoms with Gasteiger partial charge in [0.25, 0.3) is 0 Å². The Morgan fingerprint density at radius 2 is 1.74 bits per heavy atom. The third-order valence-corrected chi connectivity index (χ3v) is 3.78. The molecule has 0 aliphatic carbocycles. The van der Waals surface area contributed by atoms with Crippen molar-refractivity contribution in [2.75, 3.05) is 13.7 Å². The molecule has 0 spiro atoms. The zero-order valence-electron chi connectivity index (χ0n) is 14.5. The van der Waals surface area contributed by atoms with Crippen molar-refractivity contribution in [2.45, 2.75) is 33.1 Å². The molecule has 0 N–H and O–H groups in total. The fraction of sp³-hybridized carbons (Fsp3) is 0.350. The van der Waals surface area contributed by atoms with Gasteiger partial charge in [-0.3, -0.25) is 4.79 Å². The maximum Gasteiger partial charge on any atom is 0.168 e. The highest BCUT2D eigenvalue weighted by Crippen LogP contribution is 2.39. The van der Waals surface area contributed by atoms with Gasteiger partial charge in [0.05, 0.1) is 13.7 Å². The van der Waals surface area contributed by atoms with E-state index in [0.717, 1.165) is 17.4 Å². The average molecular weight is 312 g/mol. The molecule has 2 aromatic carbocycles. The number of carbonyl (C=O) groups excluding carboxylic acids is 1. The number of rotatable bonds is 5. The molecule has 0 aliphatic heterocycles. The Labute approximate surface area is 138 Å². The summed E-state index contributed by atoms with van der Waals surface area (Å²) in [6.07, 6.45) is 0.828. The van der Waals surface area contributed by atoms with Crippen LogP contribution < -0.4 is 9.47 Å². The summed E-state index contributed by atoms with van der Waals surface area (Å²) in [6.45, 7) is 8.97. The maximum atomic E-state index is 11.2. The number of hydrogen-bond donors (Lipinski definition) is 0. The van der Waals surface area contributed by atoms with Crippen molar-refractivity contribution in [2.24, 2.45) is 0 Å². The van der Waals surface area contributed by atoms with E-state index in [1.165, 1.54) is 5.56 Å². The molecule has 0 saturated carbocycles. The van der Waals surface area contributed by atoms with Crippen molar-refractivity contribution in [3.8, 4) is 22.6 Å². The van der Waals surface area contributed by atoms with Crippen molar-refractivity contribution in [3.63, 3.8) is 0 Å². The molecule has 0 fully saturated rings. The van der Waals surface area contributed by atoms with Crippen molar-refractivity contribution in [3.05, 3.63) is 47.5 Å². The van der Waals surface area contributed by atoms with Gasteiger partial charge >= 0.3 is 0 Å². The number of ether oxygens (including phenoxy) is 2. The lowest BCUT2D eigenvalue weighted by Crippen LogP contribution is -2.10. The second kappa shape index (κ2) is 6.86. The Bertz CT molecular complexity index is 679. The van der Waals surface area contributed by atoms with E-state index in [9.17, 15) is 4.79 Å². The molecule has 2 aromatic rings. The minimum atomic E-state index is 0.101. The van der Waals surface area contributed by atoms with E-state index in [1.807, 2.05) is 13.0 Å². The van der Waals surface area contributed by atoms with Crippen molar-refractivity contribution >= 4 is 6.29 Å². The van der Waals surface area contributed by atoms with Gasteiger partial charge in [-0.25, -0.2) is 0 Å². The topological polar surface area (TPSA) is 35.5 Å². The van der Waals surface area contributed by atoms with E-state index in [1.54, 1.807) is 13.2 Å². The third-order valence-electron chi connectivity index (χ3n) is 3.78. The van der Waals surface area contributed by atoms with Crippen LogP contribution in [-0.4, -0.2) is 20.0 Å². The Morgan fingerprint density at radius 3 is 2.22 bits per heavy atom. The van der Waals surface area contributed by atoms with Crippen LogP contribution in [0.25, 0.3) is 11.1 Å². The fourth-order valence-electron chi connectivity index (χ4n) is 2.53. The fourth-order valence-corrected chi connectivity index (χ4v) is 2.53. The minimum Gasteiger partial charge on any atom is -0.492 e. The Kier molecular flexibility index (Phi) is 5.09. The molecule has 0 heterocycles. The molecule has 3 heteroatoms. The van der Waals surface area contributed by atoms with E-state index in [2.05, 4.69) is 45.0 Å². The van der Waals surface area contributed by atoms with Crippen molar-refractivity contribution in [1.29, 1.82) is 0 Å². The van der Waals surface area contributed by atoms with Gasteiger partial charge in [0.2, 0.25) is 0 Å². The monoisotopic (exact) mass is 312 g/mol. The number of methoxy groups -OCH3 is 1. The summed E-state index contributed by atoms with van der Waals surface area (Å²) >= 11 is 0. The van der Waals surface area contributed by atoms with Gasteiger partial charge in [0.15, 0.2) is 11.5 Å². The quantitative estimate of drug-likeness (QED) is 0.739. The molecule has 122 valence electrons. The molecule has 23 heavy (non-hydrogen) atoms. The largest absolute Gasteiger partial charge is 0.492 e. The number of carbonyl (C=O) groups is 1. The third kappa shape index (κ3) is 3.73. The summed E-state index contributed by atoms with van der Waals surface area (Å²) in [4.78, 5) is 11.2. The lowest BCUT2D eigenvalue weighted by atomic mass is 9.86. The lowest BCUT2D eigenvalue weighted by Gasteiger charge is -2.20. The Hall–Kier alpha value is -2.29.